The summed E-state index contributed by atoms with van der Waals surface area (Å²) < 4.78 is 13.7. The van der Waals surface area contributed by atoms with Crippen molar-refractivity contribution in [1.29, 1.82) is 0 Å². The summed E-state index contributed by atoms with van der Waals surface area (Å²) in [5, 5.41) is 0.907. The molecule has 1 nitrogen and oxygen atoms in total. The number of rotatable bonds is 3. The largest absolute Gasteiger partial charge is 0.355 e. The number of nitrogens with one attached hydrogen (secondary N) is 1. The number of hydrogen-bond acceptors (Lipinski definition) is 0. The highest BCUT2D eigenvalue weighted by Crippen LogP contribution is 2.30. The molecule has 3 rings (SSSR count). The molecular weight excluding hydrogens is 237 g/mol. The molecule has 0 aliphatic carbocycles. The summed E-state index contributed by atoms with van der Waals surface area (Å²) in [5.74, 6) is -0.0346. The first-order valence-corrected chi connectivity index (χ1v) is 6.41. The van der Waals surface area contributed by atoms with E-state index in [1.165, 1.54) is 11.6 Å². The molecule has 0 amide bonds. The third-order valence-electron chi connectivity index (χ3n) is 3.49. The highest BCUT2D eigenvalue weighted by molar-refractivity contribution is 5.81. The standard InChI is InChI=1S/C17H15FN/c1-2-14(12-7-4-3-5-8-12)16-11-13-9-6-10-15(18)17(13)19-16/h3-11,14,19H,1-2H2. The van der Waals surface area contributed by atoms with Crippen molar-refractivity contribution in [2.75, 3.05) is 0 Å². The zero-order valence-corrected chi connectivity index (χ0v) is 10.6. The van der Waals surface area contributed by atoms with Crippen molar-refractivity contribution >= 4 is 10.9 Å². The Labute approximate surface area is 112 Å². The lowest BCUT2D eigenvalue weighted by atomic mass is 9.93. The van der Waals surface area contributed by atoms with E-state index in [4.69, 9.17) is 0 Å². The summed E-state index contributed by atoms with van der Waals surface area (Å²) in [7, 11) is 0. The molecule has 2 aromatic carbocycles. The zero-order chi connectivity index (χ0) is 13.2. The smallest absolute Gasteiger partial charge is 0.147 e. The van der Waals surface area contributed by atoms with Crippen LogP contribution in [0.25, 0.3) is 10.9 Å². The number of para-hydroxylation sites is 1. The second-order valence-corrected chi connectivity index (χ2v) is 4.68. The molecule has 1 radical (unpaired) electrons. The van der Waals surface area contributed by atoms with Gasteiger partial charge in [0.25, 0.3) is 0 Å². The van der Waals surface area contributed by atoms with E-state index >= 15 is 0 Å². The Bertz CT molecular complexity index is 685. The van der Waals surface area contributed by atoms with Crippen LogP contribution in [0.3, 0.4) is 0 Å². The van der Waals surface area contributed by atoms with Crippen molar-refractivity contribution in [2.45, 2.75) is 12.3 Å². The Morgan fingerprint density at radius 3 is 2.53 bits per heavy atom. The van der Waals surface area contributed by atoms with Crippen LogP contribution >= 0.6 is 0 Å². The van der Waals surface area contributed by atoms with Gasteiger partial charge in [-0.05, 0) is 24.1 Å². The van der Waals surface area contributed by atoms with E-state index in [2.05, 4.69) is 24.0 Å². The molecule has 1 heterocycles. The molecule has 1 atom stereocenters. The van der Waals surface area contributed by atoms with Crippen LogP contribution in [0.2, 0.25) is 0 Å². The molecule has 95 valence electrons. The molecule has 0 fully saturated rings. The van der Waals surface area contributed by atoms with E-state index in [1.54, 1.807) is 6.07 Å². The first kappa shape index (κ1) is 12.0. The molecule has 1 aromatic heterocycles. The highest BCUT2D eigenvalue weighted by Gasteiger charge is 2.15. The Morgan fingerprint density at radius 2 is 1.84 bits per heavy atom. The first-order valence-electron chi connectivity index (χ1n) is 6.41. The molecule has 2 heteroatoms. The fourth-order valence-corrected chi connectivity index (χ4v) is 2.52. The average Bonchev–Trinajstić information content (AvgIpc) is 2.86. The van der Waals surface area contributed by atoms with Crippen molar-refractivity contribution in [2.24, 2.45) is 0 Å². The Hall–Kier alpha value is -2.09. The number of benzene rings is 2. The lowest BCUT2D eigenvalue weighted by molar-refractivity contribution is 0.636. The molecule has 0 saturated carbocycles. The normalized spacial score (nSPS) is 12.7. The van der Waals surface area contributed by atoms with Crippen LogP contribution in [-0.4, -0.2) is 4.98 Å². The van der Waals surface area contributed by atoms with Gasteiger partial charge < -0.3 is 4.98 Å². The fourth-order valence-electron chi connectivity index (χ4n) is 2.52. The lowest BCUT2D eigenvalue weighted by Crippen LogP contribution is -1.99. The highest BCUT2D eigenvalue weighted by atomic mass is 19.1. The maximum absolute atomic E-state index is 13.7. The van der Waals surface area contributed by atoms with Gasteiger partial charge in [-0.1, -0.05) is 49.4 Å². The van der Waals surface area contributed by atoms with E-state index in [-0.39, 0.29) is 11.7 Å². The third kappa shape index (κ3) is 2.14. The molecule has 0 aliphatic heterocycles. The van der Waals surface area contributed by atoms with E-state index in [0.29, 0.717) is 5.52 Å². The minimum absolute atomic E-state index is 0.174. The van der Waals surface area contributed by atoms with Crippen LogP contribution < -0.4 is 0 Å². The number of aromatic nitrogens is 1. The summed E-state index contributed by atoms with van der Waals surface area (Å²) in [6.07, 6.45) is 0.735. The maximum atomic E-state index is 13.7. The van der Waals surface area contributed by atoms with Crippen LogP contribution in [0.1, 0.15) is 23.6 Å². The summed E-state index contributed by atoms with van der Waals surface area (Å²) in [6, 6.07) is 17.3. The molecule has 1 N–H and O–H groups in total. The second-order valence-electron chi connectivity index (χ2n) is 4.68. The topological polar surface area (TPSA) is 15.8 Å². The fraction of sp³-hybridized carbons (Fsp3) is 0.118. The van der Waals surface area contributed by atoms with Gasteiger partial charge in [0.15, 0.2) is 0 Å². The lowest BCUT2D eigenvalue weighted by Gasteiger charge is -2.13. The van der Waals surface area contributed by atoms with Gasteiger partial charge in [0.05, 0.1) is 5.52 Å². The number of H-pyrrole nitrogens is 1. The Kier molecular flexibility index (Phi) is 3.08. The summed E-state index contributed by atoms with van der Waals surface area (Å²) >= 11 is 0. The molecule has 3 aromatic rings. The van der Waals surface area contributed by atoms with Crippen molar-refractivity contribution in [3.05, 3.63) is 78.6 Å². The number of hydrogen-bond donors (Lipinski definition) is 1. The number of halogens is 1. The molecule has 0 aliphatic rings. The molecule has 0 spiro atoms. The van der Waals surface area contributed by atoms with Crippen LogP contribution in [0, 0.1) is 12.7 Å². The predicted octanol–water partition coefficient (Wildman–Crippen LogP) is 4.66. The van der Waals surface area contributed by atoms with Gasteiger partial charge in [0.1, 0.15) is 5.82 Å². The first-order chi connectivity index (χ1) is 9.29. The van der Waals surface area contributed by atoms with Gasteiger partial charge in [-0.15, -0.1) is 0 Å². The molecular formula is C17H15FN. The van der Waals surface area contributed by atoms with Gasteiger partial charge >= 0.3 is 0 Å². The maximum Gasteiger partial charge on any atom is 0.147 e. The van der Waals surface area contributed by atoms with E-state index in [1.807, 2.05) is 30.3 Å². The molecule has 1 unspecified atom stereocenters. The summed E-state index contributed by atoms with van der Waals surface area (Å²) in [5.41, 5.74) is 2.79. The van der Waals surface area contributed by atoms with Crippen molar-refractivity contribution in [3.63, 3.8) is 0 Å². The predicted molar refractivity (Wildman–Crippen MR) is 76.5 cm³/mol. The molecule has 19 heavy (non-hydrogen) atoms. The van der Waals surface area contributed by atoms with E-state index in [0.717, 1.165) is 17.5 Å². The van der Waals surface area contributed by atoms with Crippen molar-refractivity contribution in [1.82, 2.24) is 4.98 Å². The minimum Gasteiger partial charge on any atom is -0.355 e. The SMILES string of the molecule is [CH2]CC(c1ccccc1)c1cc2cccc(F)c2[nH]1. The van der Waals surface area contributed by atoms with Gasteiger partial charge in [-0.3, -0.25) is 0 Å². The summed E-state index contributed by atoms with van der Waals surface area (Å²) in [6.45, 7) is 4.02. The molecule has 0 bridgehead atoms. The van der Waals surface area contributed by atoms with Gasteiger partial charge in [-0.2, -0.15) is 0 Å². The van der Waals surface area contributed by atoms with Gasteiger partial charge in [0, 0.05) is 17.0 Å². The van der Waals surface area contributed by atoms with Crippen LogP contribution in [0.4, 0.5) is 4.39 Å². The van der Waals surface area contributed by atoms with E-state index < -0.39 is 0 Å². The average molecular weight is 252 g/mol. The third-order valence-corrected chi connectivity index (χ3v) is 3.49. The second kappa shape index (κ2) is 4.88. The Balaban J connectivity index is 2.09. The molecule has 0 saturated heterocycles. The number of aromatic amines is 1. The number of fused-ring (bicyclic) bond motifs is 1. The summed E-state index contributed by atoms with van der Waals surface area (Å²) in [4.78, 5) is 3.20. The van der Waals surface area contributed by atoms with E-state index in [9.17, 15) is 4.39 Å². The van der Waals surface area contributed by atoms with Crippen LogP contribution in [0.5, 0.6) is 0 Å². The Morgan fingerprint density at radius 1 is 1.05 bits per heavy atom. The van der Waals surface area contributed by atoms with Crippen molar-refractivity contribution < 1.29 is 4.39 Å². The van der Waals surface area contributed by atoms with Crippen LogP contribution in [-0.2, 0) is 0 Å². The van der Waals surface area contributed by atoms with Gasteiger partial charge in [-0.25, -0.2) is 4.39 Å². The van der Waals surface area contributed by atoms with Gasteiger partial charge in [0.2, 0.25) is 0 Å². The zero-order valence-electron chi connectivity index (χ0n) is 10.6. The van der Waals surface area contributed by atoms with Crippen LogP contribution in [0.15, 0.2) is 54.6 Å². The minimum atomic E-state index is -0.209. The van der Waals surface area contributed by atoms with Crippen molar-refractivity contribution in [3.8, 4) is 0 Å². The monoisotopic (exact) mass is 252 g/mol. The quantitative estimate of drug-likeness (QED) is 0.697.